The minimum atomic E-state index is -0.882. The molecule has 0 spiro atoms. The van der Waals surface area contributed by atoms with E-state index in [9.17, 15) is 4.79 Å². The van der Waals surface area contributed by atoms with Crippen molar-refractivity contribution in [2.24, 2.45) is 0 Å². The minimum absolute atomic E-state index is 0.00132. The van der Waals surface area contributed by atoms with Crippen LogP contribution in [0.1, 0.15) is 43.6 Å². The maximum atomic E-state index is 12.6. The third-order valence-electron chi connectivity index (χ3n) is 6.18. The van der Waals surface area contributed by atoms with Gasteiger partial charge >= 0.3 is 5.97 Å². The highest BCUT2D eigenvalue weighted by Crippen LogP contribution is 2.39. The van der Waals surface area contributed by atoms with Crippen molar-refractivity contribution in [1.82, 2.24) is 0 Å². The van der Waals surface area contributed by atoms with Gasteiger partial charge in [-0.2, -0.15) is 0 Å². The molecule has 0 radical (unpaired) electrons. The molecule has 0 unspecified atom stereocenters. The molecule has 0 N–H and O–H groups in total. The molecule has 2 aliphatic rings. The first kappa shape index (κ1) is 27.3. The third kappa shape index (κ3) is 7.00. The monoisotopic (exact) mass is 516 g/mol. The molecule has 0 amide bonds. The number of hydrogen-bond donors (Lipinski definition) is 0. The molecular weight excluding hydrogens is 480 g/mol. The Kier molecular flexibility index (Phi) is 8.40. The van der Waals surface area contributed by atoms with Gasteiger partial charge in [0.2, 0.25) is 0 Å². The van der Waals surface area contributed by atoms with Crippen LogP contribution >= 0.6 is 0 Å². The summed E-state index contributed by atoms with van der Waals surface area (Å²) in [5.74, 6) is -0.728. The topological polar surface area (TPSA) is 90.9 Å². The van der Waals surface area contributed by atoms with Crippen molar-refractivity contribution < 1.29 is 42.7 Å². The molecule has 0 saturated carbocycles. The van der Waals surface area contributed by atoms with Crippen LogP contribution in [-0.2, 0) is 35.0 Å². The molecule has 9 heteroatoms. The number of esters is 1. The van der Waals surface area contributed by atoms with Crippen LogP contribution < -0.4 is 9.47 Å². The van der Waals surface area contributed by atoms with Crippen LogP contribution in [0.4, 0.5) is 0 Å². The van der Waals surface area contributed by atoms with Gasteiger partial charge in [0, 0.05) is 0 Å². The molecule has 0 bridgehead atoms. The number of methoxy groups -OCH3 is 2. The quantitative estimate of drug-likeness (QED) is 0.433. The summed E-state index contributed by atoms with van der Waals surface area (Å²) < 4.78 is 46.6. The summed E-state index contributed by atoms with van der Waals surface area (Å²) in [6.07, 6.45) is -1.98. The Hall–Kier alpha value is -2.69. The van der Waals surface area contributed by atoms with Crippen molar-refractivity contribution in [2.45, 2.75) is 70.3 Å². The number of rotatable bonds is 10. The zero-order valence-electron chi connectivity index (χ0n) is 22.2. The average Bonchev–Trinajstić information content (AvgIpc) is 3.36. The molecule has 4 rings (SSSR count). The predicted molar refractivity (Wildman–Crippen MR) is 134 cm³/mol. The van der Waals surface area contributed by atoms with Gasteiger partial charge in [-0.1, -0.05) is 12.1 Å². The summed E-state index contributed by atoms with van der Waals surface area (Å²) in [6, 6.07) is 14.4. The highest BCUT2D eigenvalue weighted by Gasteiger charge is 2.54. The van der Waals surface area contributed by atoms with E-state index in [2.05, 4.69) is 0 Å². The third-order valence-corrected chi connectivity index (χ3v) is 6.18. The van der Waals surface area contributed by atoms with Crippen molar-refractivity contribution in [3.05, 3.63) is 59.7 Å². The van der Waals surface area contributed by atoms with Crippen LogP contribution in [0.25, 0.3) is 0 Å². The van der Waals surface area contributed by atoms with E-state index in [1.807, 2.05) is 52.0 Å². The van der Waals surface area contributed by atoms with Crippen molar-refractivity contribution >= 4 is 5.97 Å². The summed E-state index contributed by atoms with van der Waals surface area (Å²) >= 11 is 0. The van der Waals surface area contributed by atoms with Gasteiger partial charge in [-0.05, 0) is 69.7 Å². The molecule has 2 aromatic rings. The average molecular weight is 517 g/mol. The number of benzene rings is 2. The van der Waals surface area contributed by atoms with Crippen molar-refractivity contribution in [3.8, 4) is 11.5 Å². The van der Waals surface area contributed by atoms with E-state index in [1.54, 1.807) is 38.5 Å². The van der Waals surface area contributed by atoms with E-state index < -0.39 is 42.0 Å². The zero-order chi connectivity index (χ0) is 26.6. The van der Waals surface area contributed by atoms with Gasteiger partial charge in [-0.3, -0.25) is 0 Å². The lowest BCUT2D eigenvalue weighted by Gasteiger charge is -2.26. The fourth-order valence-electron chi connectivity index (χ4n) is 4.52. The summed E-state index contributed by atoms with van der Waals surface area (Å²) in [5.41, 5.74) is 1.43. The molecule has 2 aliphatic heterocycles. The molecule has 0 aliphatic carbocycles. The predicted octanol–water partition coefficient (Wildman–Crippen LogP) is 4.12. The molecule has 2 saturated heterocycles. The normalized spacial score (nSPS) is 26.1. The molecule has 0 aromatic heterocycles. The lowest BCUT2D eigenvalue weighted by atomic mass is 10.0. The molecule has 9 nitrogen and oxygen atoms in total. The van der Waals surface area contributed by atoms with Crippen molar-refractivity contribution in [3.63, 3.8) is 0 Å². The fourth-order valence-corrected chi connectivity index (χ4v) is 4.52. The van der Waals surface area contributed by atoms with E-state index in [1.165, 1.54) is 0 Å². The summed E-state index contributed by atoms with van der Waals surface area (Å²) in [5, 5.41) is 0. The van der Waals surface area contributed by atoms with Gasteiger partial charge < -0.3 is 37.9 Å². The van der Waals surface area contributed by atoms with Crippen LogP contribution in [0.5, 0.6) is 11.5 Å². The number of ether oxygens (including phenoxy) is 8. The molecule has 2 aromatic carbocycles. The van der Waals surface area contributed by atoms with Crippen LogP contribution in [0.3, 0.4) is 0 Å². The Labute approximate surface area is 217 Å². The van der Waals surface area contributed by atoms with E-state index in [4.69, 9.17) is 37.9 Å². The highest BCUT2D eigenvalue weighted by molar-refractivity contribution is 5.89. The first-order valence-corrected chi connectivity index (χ1v) is 12.3. The van der Waals surface area contributed by atoms with Gasteiger partial charge in [0.1, 0.15) is 42.5 Å². The van der Waals surface area contributed by atoms with Crippen molar-refractivity contribution in [1.29, 1.82) is 0 Å². The summed E-state index contributed by atoms with van der Waals surface area (Å²) in [4.78, 5) is 12.6. The number of carbonyl (C=O) groups is 1. The second kappa shape index (κ2) is 11.4. The number of carbonyl (C=O) groups excluding carboxylic acids is 1. The molecule has 2 heterocycles. The van der Waals surface area contributed by atoms with E-state index in [0.717, 1.165) is 11.3 Å². The second-order valence-electron chi connectivity index (χ2n) is 9.97. The molecule has 2 fully saturated rings. The van der Waals surface area contributed by atoms with E-state index in [0.29, 0.717) is 24.5 Å². The standard InChI is InChI=1S/C28H36O9/c1-27(2)34-22(16-32-15-18-7-11-20(30-5)12-8-18)24(36-27)25-23(35-28(3,4)37-25)17-33-26(29)19-9-13-21(31-6)14-10-19/h7-14,22-25H,15-17H2,1-6H3/t22-,23-,24+,25+/m1/s1. The van der Waals surface area contributed by atoms with Crippen LogP contribution in [0, 0.1) is 0 Å². The van der Waals surface area contributed by atoms with Gasteiger partial charge in [-0.25, -0.2) is 4.79 Å². The lowest BCUT2D eigenvalue weighted by molar-refractivity contribution is -0.175. The van der Waals surface area contributed by atoms with Crippen LogP contribution in [0.15, 0.2) is 48.5 Å². The Morgan fingerprint density at radius 1 is 0.730 bits per heavy atom. The maximum absolute atomic E-state index is 12.6. The van der Waals surface area contributed by atoms with Gasteiger partial charge in [0.05, 0.1) is 33.0 Å². The van der Waals surface area contributed by atoms with E-state index in [-0.39, 0.29) is 6.61 Å². The lowest BCUT2D eigenvalue weighted by Crippen LogP contribution is -2.45. The minimum Gasteiger partial charge on any atom is -0.497 e. The first-order chi connectivity index (χ1) is 17.6. The molecule has 202 valence electrons. The maximum Gasteiger partial charge on any atom is 0.338 e. The van der Waals surface area contributed by atoms with Gasteiger partial charge in [-0.15, -0.1) is 0 Å². The van der Waals surface area contributed by atoms with Crippen LogP contribution in [-0.4, -0.2) is 69.4 Å². The summed E-state index contributed by atoms with van der Waals surface area (Å²) in [7, 11) is 3.20. The zero-order valence-corrected chi connectivity index (χ0v) is 22.2. The largest absolute Gasteiger partial charge is 0.497 e. The fraction of sp³-hybridized carbons (Fsp3) is 0.536. The molecular formula is C28H36O9. The molecule has 37 heavy (non-hydrogen) atoms. The Morgan fingerprint density at radius 3 is 1.73 bits per heavy atom. The van der Waals surface area contributed by atoms with Crippen molar-refractivity contribution in [2.75, 3.05) is 27.4 Å². The first-order valence-electron chi connectivity index (χ1n) is 12.3. The Balaban J connectivity index is 1.39. The summed E-state index contributed by atoms with van der Waals surface area (Å²) in [6.45, 7) is 8.04. The Morgan fingerprint density at radius 2 is 1.22 bits per heavy atom. The van der Waals surface area contributed by atoms with Crippen LogP contribution in [0.2, 0.25) is 0 Å². The van der Waals surface area contributed by atoms with Gasteiger partial charge in [0.15, 0.2) is 11.6 Å². The Bertz CT molecular complexity index is 1030. The molecule has 4 atom stereocenters. The van der Waals surface area contributed by atoms with Gasteiger partial charge in [0.25, 0.3) is 0 Å². The number of hydrogen-bond acceptors (Lipinski definition) is 9. The smallest absolute Gasteiger partial charge is 0.338 e. The highest BCUT2D eigenvalue weighted by atomic mass is 16.8. The SMILES string of the molecule is COc1ccc(COC[C@H]2OC(C)(C)O[C@@H]2[C@H]2OC(C)(C)O[C@@H]2COC(=O)c2ccc(OC)cc2)cc1. The van der Waals surface area contributed by atoms with E-state index >= 15 is 0 Å². The second-order valence-corrected chi connectivity index (χ2v) is 9.97.